The second-order valence-corrected chi connectivity index (χ2v) is 4.30. The molecule has 0 aliphatic carbocycles. The molecule has 0 unspecified atom stereocenters. The van der Waals surface area contributed by atoms with Gasteiger partial charge in [0, 0.05) is 0 Å². The maximum atomic E-state index is 12.2. The molecule has 0 aromatic heterocycles. The van der Waals surface area contributed by atoms with Crippen LogP contribution in [0.5, 0.6) is 11.5 Å². The summed E-state index contributed by atoms with van der Waals surface area (Å²) in [6, 6.07) is 3.38. The lowest BCUT2D eigenvalue weighted by Crippen LogP contribution is -2.28. The number of carbonyl (C=O) groups is 2. The SMILES string of the molecule is COc1cc(/C=C/COC(=O)C(F)(F)F)ccc1OC(=O)C(F)(F)F. The summed E-state index contributed by atoms with van der Waals surface area (Å²) in [6.45, 7) is -0.675. The number of hydrogen-bond acceptors (Lipinski definition) is 5. The Morgan fingerprint density at radius 3 is 2.12 bits per heavy atom. The highest BCUT2D eigenvalue weighted by atomic mass is 19.4. The third kappa shape index (κ3) is 6.36. The van der Waals surface area contributed by atoms with Gasteiger partial charge in [0.15, 0.2) is 11.5 Å². The summed E-state index contributed by atoms with van der Waals surface area (Å²) in [6.07, 6.45) is -8.01. The van der Waals surface area contributed by atoms with E-state index in [2.05, 4.69) is 9.47 Å². The Balaban J connectivity index is 2.76. The van der Waals surface area contributed by atoms with Crippen LogP contribution in [0.15, 0.2) is 24.3 Å². The number of hydrogen-bond donors (Lipinski definition) is 0. The van der Waals surface area contributed by atoms with E-state index in [1.54, 1.807) is 0 Å². The molecule has 0 N–H and O–H groups in total. The van der Waals surface area contributed by atoms with Crippen LogP contribution < -0.4 is 9.47 Å². The summed E-state index contributed by atoms with van der Waals surface area (Å²) in [7, 11) is 1.11. The molecule has 0 spiro atoms. The van der Waals surface area contributed by atoms with Crippen molar-refractivity contribution < 1.29 is 50.1 Å². The summed E-state index contributed by atoms with van der Waals surface area (Å²) in [5.74, 6) is -5.50. The van der Waals surface area contributed by atoms with Crippen LogP contribution in [0.3, 0.4) is 0 Å². The molecule has 11 heteroatoms. The number of halogens is 6. The Morgan fingerprint density at radius 1 is 1.00 bits per heavy atom. The number of carbonyl (C=O) groups excluding carboxylic acids is 2. The average Bonchev–Trinajstić information content (AvgIpc) is 2.50. The first-order valence-electron chi connectivity index (χ1n) is 6.32. The van der Waals surface area contributed by atoms with Crippen LogP contribution in [0.4, 0.5) is 26.3 Å². The van der Waals surface area contributed by atoms with E-state index in [9.17, 15) is 35.9 Å². The van der Waals surface area contributed by atoms with Gasteiger partial charge in [0.1, 0.15) is 6.61 Å². The molecule has 0 bridgehead atoms. The van der Waals surface area contributed by atoms with Crippen molar-refractivity contribution in [2.75, 3.05) is 13.7 Å². The fraction of sp³-hybridized carbons (Fsp3) is 0.286. The van der Waals surface area contributed by atoms with E-state index in [-0.39, 0.29) is 11.3 Å². The molecule has 1 rings (SSSR count). The van der Waals surface area contributed by atoms with Crippen molar-refractivity contribution >= 4 is 18.0 Å². The normalized spacial score (nSPS) is 12.1. The Labute approximate surface area is 136 Å². The zero-order valence-electron chi connectivity index (χ0n) is 12.4. The van der Waals surface area contributed by atoms with Crippen molar-refractivity contribution in [2.24, 2.45) is 0 Å². The largest absolute Gasteiger partial charge is 0.493 e. The van der Waals surface area contributed by atoms with E-state index in [1.807, 2.05) is 0 Å². The standard InChI is InChI=1S/C14H10F6O5/c1-23-10-7-8(3-2-6-24-11(21)13(15,16)17)4-5-9(10)25-12(22)14(18,19)20/h2-5,7H,6H2,1H3/b3-2+. The van der Waals surface area contributed by atoms with Gasteiger partial charge in [-0.25, -0.2) is 9.59 Å². The first kappa shape index (κ1) is 20.3. The van der Waals surface area contributed by atoms with Crippen molar-refractivity contribution in [3.05, 3.63) is 29.8 Å². The number of ether oxygens (including phenoxy) is 3. The zero-order valence-corrected chi connectivity index (χ0v) is 12.4. The smallest absolute Gasteiger partial charge is 0.491 e. The van der Waals surface area contributed by atoms with Crippen molar-refractivity contribution in [3.63, 3.8) is 0 Å². The third-order valence-corrected chi connectivity index (χ3v) is 2.47. The zero-order chi connectivity index (χ0) is 19.3. The minimum absolute atomic E-state index is 0.216. The minimum Gasteiger partial charge on any atom is -0.493 e. The van der Waals surface area contributed by atoms with Gasteiger partial charge in [-0.3, -0.25) is 0 Å². The molecule has 0 fully saturated rings. The summed E-state index contributed by atoms with van der Waals surface area (Å²) >= 11 is 0. The van der Waals surface area contributed by atoms with Gasteiger partial charge in [0.2, 0.25) is 0 Å². The maximum absolute atomic E-state index is 12.2. The highest BCUT2D eigenvalue weighted by Gasteiger charge is 2.42. The van der Waals surface area contributed by atoms with Crippen molar-refractivity contribution in [1.29, 1.82) is 0 Å². The van der Waals surface area contributed by atoms with Crippen LogP contribution in [-0.4, -0.2) is 38.0 Å². The average molecular weight is 372 g/mol. The van der Waals surface area contributed by atoms with Gasteiger partial charge < -0.3 is 14.2 Å². The van der Waals surface area contributed by atoms with Crippen LogP contribution in [0.2, 0.25) is 0 Å². The molecule has 0 atom stereocenters. The van der Waals surface area contributed by atoms with Gasteiger partial charge in [-0.05, 0) is 23.8 Å². The second kappa shape index (κ2) is 7.90. The van der Waals surface area contributed by atoms with Crippen LogP contribution in [0.25, 0.3) is 6.08 Å². The Hall–Kier alpha value is -2.72. The molecule has 0 amide bonds. The molecule has 5 nitrogen and oxygen atoms in total. The molecular weight excluding hydrogens is 362 g/mol. The van der Waals surface area contributed by atoms with E-state index in [1.165, 1.54) is 18.2 Å². The predicted molar refractivity (Wildman–Crippen MR) is 70.7 cm³/mol. The first-order chi connectivity index (χ1) is 11.4. The van der Waals surface area contributed by atoms with Crippen LogP contribution in [0.1, 0.15) is 5.56 Å². The van der Waals surface area contributed by atoms with Gasteiger partial charge in [-0.15, -0.1) is 0 Å². The van der Waals surface area contributed by atoms with E-state index < -0.39 is 36.6 Å². The van der Waals surface area contributed by atoms with Crippen LogP contribution >= 0.6 is 0 Å². The Morgan fingerprint density at radius 2 is 1.60 bits per heavy atom. The fourth-order valence-corrected chi connectivity index (χ4v) is 1.42. The molecule has 1 aromatic carbocycles. The molecule has 138 valence electrons. The van der Waals surface area contributed by atoms with Gasteiger partial charge in [-0.2, -0.15) is 26.3 Å². The molecule has 0 radical (unpaired) electrons. The predicted octanol–water partition coefficient (Wildman–Crippen LogP) is 3.28. The highest BCUT2D eigenvalue weighted by Crippen LogP contribution is 2.30. The molecule has 0 saturated heterocycles. The molecule has 25 heavy (non-hydrogen) atoms. The molecule has 0 aliphatic rings. The van der Waals surface area contributed by atoms with Gasteiger partial charge >= 0.3 is 24.3 Å². The molecular formula is C14H10F6O5. The lowest BCUT2D eigenvalue weighted by Gasteiger charge is -2.11. The lowest BCUT2D eigenvalue weighted by molar-refractivity contribution is -0.198. The lowest BCUT2D eigenvalue weighted by atomic mass is 10.2. The van der Waals surface area contributed by atoms with E-state index in [4.69, 9.17) is 4.74 Å². The summed E-state index contributed by atoms with van der Waals surface area (Å²) in [4.78, 5) is 21.2. The summed E-state index contributed by atoms with van der Waals surface area (Å²) in [5.41, 5.74) is 0.284. The molecule has 0 heterocycles. The quantitative estimate of drug-likeness (QED) is 0.451. The second-order valence-electron chi connectivity index (χ2n) is 4.30. The van der Waals surface area contributed by atoms with Gasteiger partial charge in [0.05, 0.1) is 7.11 Å². The number of alkyl halides is 6. The fourth-order valence-electron chi connectivity index (χ4n) is 1.42. The van der Waals surface area contributed by atoms with Crippen molar-refractivity contribution in [2.45, 2.75) is 12.4 Å². The van der Waals surface area contributed by atoms with E-state index >= 15 is 0 Å². The minimum atomic E-state index is -5.19. The third-order valence-electron chi connectivity index (χ3n) is 2.47. The summed E-state index contributed by atoms with van der Waals surface area (Å²) < 4.78 is 85.0. The van der Waals surface area contributed by atoms with Crippen molar-refractivity contribution in [3.8, 4) is 11.5 Å². The van der Waals surface area contributed by atoms with E-state index in [0.29, 0.717) is 0 Å². The number of rotatable bonds is 5. The van der Waals surface area contributed by atoms with E-state index in [0.717, 1.165) is 19.3 Å². The Bertz CT molecular complexity index is 663. The van der Waals surface area contributed by atoms with Gasteiger partial charge in [-0.1, -0.05) is 12.1 Å². The Kier molecular flexibility index (Phi) is 6.42. The first-order valence-corrected chi connectivity index (χ1v) is 6.32. The number of esters is 2. The maximum Gasteiger partial charge on any atom is 0.491 e. The summed E-state index contributed by atoms with van der Waals surface area (Å²) in [5, 5.41) is 0. The number of benzene rings is 1. The topological polar surface area (TPSA) is 61.8 Å². The van der Waals surface area contributed by atoms with Gasteiger partial charge in [0.25, 0.3) is 0 Å². The number of methoxy groups -OCH3 is 1. The van der Waals surface area contributed by atoms with Crippen molar-refractivity contribution in [1.82, 2.24) is 0 Å². The molecule has 0 saturated carbocycles. The highest BCUT2D eigenvalue weighted by molar-refractivity contribution is 5.79. The van der Waals surface area contributed by atoms with Crippen LogP contribution in [0, 0.1) is 0 Å². The van der Waals surface area contributed by atoms with Crippen LogP contribution in [-0.2, 0) is 14.3 Å². The molecule has 1 aromatic rings. The molecule has 0 aliphatic heterocycles. The monoisotopic (exact) mass is 372 g/mol.